The molecule has 2 aliphatic carbocycles. The predicted molar refractivity (Wildman–Crippen MR) is 186 cm³/mol. The van der Waals surface area contributed by atoms with Crippen molar-refractivity contribution in [3.05, 3.63) is 75.9 Å². The molecule has 1 aromatic carbocycles. The number of pyridine rings is 1. The number of piperidine rings is 1. The number of aliphatic hydroxyl groups excluding tert-OH is 3. The molecular formula is C39H48F6N4O4. The van der Waals surface area contributed by atoms with Crippen LogP contribution in [0.3, 0.4) is 0 Å². The Hall–Kier alpha value is -3.49. The Bertz CT molecular complexity index is 1720. The smallest absolute Gasteiger partial charge is 0.416 e. The van der Waals surface area contributed by atoms with Crippen molar-refractivity contribution in [2.75, 3.05) is 37.8 Å². The molecule has 1 saturated heterocycles. The molecule has 2 aromatic heterocycles. The van der Waals surface area contributed by atoms with Crippen molar-refractivity contribution in [3.8, 4) is 5.75 Å². The molecule has 3 heterocycles. The normalized spacial score (nSPS) is 21.7. The second-order valence-electron chi connectivity index (χ2n) is 16.3. The molecule has 3 aromatic rings. The second-order valence-corrected chi connectivity index (χ2v) is 16.3. The standard InChI is InChI=1S/C39H48F6N4O4/c1-36(2)16-28-31(29(52)17-36)30(23-8-12-38(41,42)13-9-23)32(33(40)24-4-6-26(7-5-24)39(43,44)45)34(48-28)25-10-14-49(15-11-25)35-46-18-27(19-47-35)53-22-37(3,20-50)21-51/h4-7,18-19,23,25,29,33,50-52H,8-17,20-22H2,1-3H3/t29-,33?/m0/s1. The zero-order valence-electron chi connectivity index (χ0n) is 30.3. The summed E-state index contributed by atoms with van der Waals surface area (Å²) in [7, 11) is 0. The van der Waals surface area contributed by atoms with Gasteiger partial charge in [0.2, 0.25) is 11.9 Å². The lowest BCUT2D eigenvalue weighted by atomic mass is 9.68. The van der Waals surface area contributed by atoms with E-state index in [1.807, 2.05) is 18.7 Å². The van der Waals surface area contributed by atoms with Gasteiger partial charge in [-0.15, -0.1) is 0 Å². The van der Waals surface area contributed by atoms with Gasteiger partial charge in [0.25, 0.3) is 0 Å². The first-order valence-electron chi connectivity index (χ1n) is 18.3. The molecule has 290 valence electrons. The molecule has 3 aliphatic rings. The van der Waals surface area contributed by atoms with Crippen molar-refractivity contribution in [2.45, 2.75) is 108 Å². The molecule has 0 spiro atoms. The quantitative estimate of drug-likeness (QED) is 0.179. The Morgan fingerprint density at radius 2 is 1.53 bits per heavy atom. The monoisotopic (exact) mass is 750 g/mol. The third kappa shape index (κ3) is 8.59. The van der Waals surface area contributed by atoms with E-state index in [2.05, 4.69) is 9.97 Å². The van der Waals surface area contributed by atoms with E-state index in [1.165, 1.54) is 12.4 Å². The van der Waals surface area contributed by atoms with Crippen LogP contribution in [-0.2, 0) is 12.6 Å². The first-order chi connectivity index (χ1) is 24.9. The number of anilines is 1. The van der Waals surface area contributed by atoms with Gasteiger partial charge in [0.05, 0.1) is 49.6 Å². The van der Waals surface area contributed by atoms with Gasteiger partial charge < -0.3 is 25.0 Å². The summed E-state index contributed by atoms with van der Waals surface area (Å²) in [5.74, 6) is -2.79. The van der Waals surface area contributed by atoms with Gasteiger partial charge in [0, 0.05) is 54.1 Å². The van der Waals surface area contributed by atoms with E-state index in [0.717, 1.165) is 24.3 Å². The van der Waals surface area contributed by atoms with E-state index in [-0.39, 0.29) is 68.0 Å². The average Bonchev–Trinajstić information content (AvgIpc) is 3.12. The first-order valence-corrected chi connectivity index (χ1v) is 18.3. The molecule has 0 bridgehead atoms. The van der Waals surface area contributed by atoms with E-state index in [1.54, 1.807) is 6.92 Å². The maximum Gasteiger partial charge on any atom is 0.416 e. The van der Waals surface area contributed by atoms with Crippen LogP contribution in [0.15, 0.2) is 36.7 Å². The fourth-order valence-corrected chi connectivity index (χ4v) is 8.01. The van der Waals surface area contributed by atoms with E-state index < -0.39 is 41.3 Å². The summed E-state index contributed by atoms with van der Waals surface area (Å²) in [5, 5.41) is 30.7. The van der Waals surface area contributed by atoms with Gasteiger partial charge in [-0.05, 0) is 73.1 Å². The molecule has 53 heavy (non-hydrogen) atoms. The molecule has 0 amide bonds. The van der Waals surface area contributed by atoms with Crippen LogP contribution in [0.2, 0.25) is 0 Å². The van der Waals surface area contributed by atoms with Gasteiger partial charge in [-0.25, -0.2) is 23.1 Å². The Kier molecular flexibility index (Phi) is 11.1. The van der Waals surface area contributed by atoms with Crippen molar-refractivity contribution in [1.29, 1.82) is 0 Å². The third-order valence-corrected chi connectivity index (χ3v) is 11.2. The lowest BCUT2D eigenvalue weighted by molar-refractivity contribution is -0.137. The maximum atomic E-state index is 17.3. The lowest BCUT2D eigenvalue weighted by Crippen LogP contribution is -2.36. The Morgan fingerprint density at radius 1 is 0.925 bits per heavy atom. The number of benzene rings is 1. The largest absolute Gasteiger partial charge is 0.490 e. The fraction of sp³-hybridized carbons (Fsp3) is 0.615. The number of hydrogen-bond acceptors (Lipinski definition) is 8. The Morgan fingerprint density at radius 3 is 2.09 bits per heavy atom. The molecule has 1 aliphatic heterocycles. The van der Waals surface area contributed by atoms with Crippen LogP contribution >= 0.6 is 0 Å². The predicted octanol–water partition coefficient (Wildman–Crippen LogP) is 8.00. The first kappa shape index (κ1) is 39.2. The molecule has 8 nitrogen and oxygen atoms in total. The van der Waals surface area contributed by atoms with Crippen molar-refractivity contribution in [2.24, 2.45) is 10.8 Å². The van der Waals surface area contributed by atoms with E-state index in [0.29, 0.717) is 73.0 Å². The van der Waals surface area contributed by atoms with Crippen molar-refractivity contribution >= 4 is 5.95 Å². The van der Waals surface area contributed by atoms with Crippen molar-refractivity contribution < 1.29 is 46.4 Å². The zero-order chi connectivity index (χ0) is 38.3. The summed E-state index contributed by atoms with van der Waals surface area (Å²) in [6, 6.07) is 3.93. The zero-order valence-corrected chi connectivity index (χ0v) is 30.3. The van der Waals surface area contributed by atoms with Crippen LogP contribution in [0.5, 0.6) is 5.75 Å². The van der Waals surface area contributed by atoms with E-state index in [9.17, 15) is 37.3 Å². The Balaban J connectivity index is 1.36. The molecule has 1 unspecified atom stereocenters. The topological polar surface area (TPSA) is 112 Å². The highest BCUT2D eigenvalue weighted by atomic mass is 19.4. The highest BCUT2D eigenvalue weighted by molar-refractivity contribution is 5.51. The molecule has 1 saturated carbocycles. The SMILES string of the molecule is CC1(C)Cc2nc(C3CCN(c4ncc(OCC(C)(CO)CO)cn4)CC3)c(C(F)c3ccc(C(F)(F)F)cc3)c(C3CCC(F)(F)CC3)c2[C@@H](O)C1. The summed E-state index contributed by atoms with van der Waals surface area (Å²) >= 11 is 0. The van der Waals surface area contributed by atoms with Gasteiger partial charge in [0.15, 0.2) is 11.9 Å². The van der Waals surface area contributed by atoms with Crippen molar-refractivity contribution in [3.63, 3.8) is 0 Å². The van der Waals surface area contributed by atoms with Gasteiger partial charge in [-0.3, -0.25) is 4.98 Å². The molecule has 2 fully saturated rings. The van der Waals surface area contributed by atoms with E-state index in [4.69, 9.17) is 9.72 Å². The van der Waals surface area contributed by atoms with Crippen LogP contribution < -0.4 is 9.64 Å². The number of aromatic nitrogens is 3. The molecule has 2 atom stereocenters. The van der Waals surface area contributed by atoms with Crippen LogP contribution in [-0.4, -0.2) is 69.1 Å². The molecular weight excluding hydrogens is 702 g/mol. The maximum absolute atomic E-state index is 17.3. The summed E-state index contributed by atoms with van der Waals surface area (Å²) in [5.41, 5.74) is 0.191. The molecule has 6 rings (SSSR count). The number of aliphatic hydroxyl groups is 3. The number of ether oxygens (including phenoxy) is 1. The number of fused-ring (bicyclic) bond motifs is 1. The van der Waals surface area contributed by atoms with Crippen LogP contribution in [0.25, 0.3) is 0 Å². The minimum Gasteiger partial charge on any atom is -0.490 e. The number of alkyl halides is 6. The molecule has 14 heteroatoms. The van der Waals surface area contributed by atoms with Crippen LogP contribution in [0.4, 0.5) is 32.3 Å². The van der Waals surface area contributed by atoms with E-state index >= 15 is 4.39 Å². The molecule has 0 radical (unpaired) electrons. The minimum atomic E-state index is -4.61. The van der Waals surface area contributed by atoms with Gasteiger partial charge in [-0.1, -0.05) is 32.9 Å². The minimum absolute atomic E-state index is 0.000421. The summed E-state index contributed by atoms with van der Waals surface area (Å²) in [6.07, 6.45) is -3.19. The van der Waals surface area contributed by atoms with Crippen LogP contribution in [0.1, 0.15) is 129 Å². The highest BCUT2D eigenvalue weighted by Gasteiger charge is 2.44. The Labute approximate surface area is 305 Å². The second kappa shape index (κ2) is 15.0. The summed E-state index contributed by atoms with van der Waals surface area (Å²) in [4.78, 5) is 16.0. The lowest BCUT2D eigenvalue weighted by Gasteiger charge is -2.41. The third-order valence-electron chi connectivity index (χ3n) is 11.2. The highest BCUT2D eigenvalue weighted by Crippen LogP contribution is 2.52. The summed E-state index contributed by atoms with van der Waals surface area (Å²) < 4.78 is 92.3. The van der Waals surface area contributed by atoms with Crippen molar-refractivity contribution in [1.82, 2.24) is 15.0 Å². The van der Waals surface area contributed by atoms with Crippen LogP contribution in [0, 0.1) is 10.8 Å². The average molecular weight is 751 g/mol. The number of halogens is 6. The molecule has 3 N–H and O–H groups in total. The summed E-state index contributed by atoms with van der Waals surface area (Å²) in [6.45, 7) is 6.21. The fourth-order valence-electron chi connectivity index (χ4n) is 8.01. The number of hydrogen-bond donors (Lipinski definition) is 3. The number of rotatable bonds is 10. The van der Waals surface area contributed by atoms with Gasteiger partial charge in [0.1, 0.15) is 0 Å². The number of nitrogens with zero attached hydrogens (tertiary/aromatic N) is 4. The van der Waals surface area contributed by atoms with Gasteiger partial charge in [-0.2, -0.15) is 13.2 Å². The van der Waals surface area contributed by atoms with Gasteiger partial charge >= 0.3 is 6.18 Å².